The summed E-state index contributed by atoms with van der Waals surface area (Å²) in [6.45, 7) is 4.63. The maximum absolute atomic E-state index is 9.56. The summed E-state index contributed by atoms with van der Waals surface area (Å²) >= 11 is 0. The second-order valence-electron chi connectivity index (χ2n) is 7.02. The zero-order chi connectivity index (χ0) is 15.1. The molecule has 1 fully saturated rings. The molecule has 0 aliphatic heterocycles. The van der Waals surface area contributed by atoms with Gasteiger partial charge in [0.15, 0.2) is 0 Å². The fraction of sp³-hybridized carbons (Fsp3) is 0.368. The first-order valence-corrected chi connectivity index (χ1v) is 7.50. The maximum Gasteiger partial charge on any atom is 0.115 e. The Morgan fingerprint density at radius 2 is 1.14 bits per heavy atom. The number of hydrogen-bond donors (Lipinski definition) is 2. The van der Waals surface area contributed by atoms with Gasteiger partial charge in [-0.1, -0.05) is 38.1 Å². The van der Waals surface area contributed by atoms with E-state index in [1.54, 1.807) is 24.3 Å². The van der Waals surface area contributed by atoms with Crippen LogP contribution in [0.2, 0.25) is 0 Å². The zero-order valence-electron chi connectivity index (χ0n) is 12.6. The molecule has 0 radical (unpaired) electrons. The van der Waals surface area contributed by atoms with Crippen LogP contribution in [0, 0.1) is 5.41 Å². The number of phenols is 2. The monoisotopic (exact) mass is 282 g/mol. The van der Waals surface area contributed by atoms with E-state index in [0.717, 1.165) is 12.8 Å². The Labute approximate surface area is 126 Å². The van der Waals surface area contributed by atoms with Gasteiger partial charge in [-0.05, 0) is 60.1 Å². The van der Waals surface area contributed by atoms with Crippen molar-refractivity contribution in [1.29, 1.82) is 0 Å². The van der Waals surface area contributed by atoms with Crippen LogP contribution >= 0.6 is 0 Å². The van der Waals surface area contributed by atoms with Gasteiger partial charge in [0.05, 0.1) is 0 Å². The van der Waals surface area contributed by atoms with Gasteiger partial charge >= 0.3 is 0 Å². The lowest BCUT2D eigenvalue weighted by molar-refractivity contribution is 0.356. The highest BCUT2D eigenvalue weighted by Crippen LogP contribution is 2.54. The summed E-state index contributed by atoms with van der Waals surface area (Å²) in [5, 5.41) is 19.1. The molecule has 0 bridgehead atoms. The van der Waals surface area contributed by atoms with Crippen LogP contribution in [-0.4, -0.2) is 10.2 Å². The average molecular weight is 282 g/mol. The second-order valence-corrected chi connectivity index (χ2v) is 7.02. The summed E-state index contributed by atoms with van der Waals surface area (Å²) in [6.07, 6.45) is 3.35. The number of aromatic hydroxyl groups is 2. The summed E-state index contributed by atoms with van der Waals surface area (Å²) in [4.78, 5) is 0. The van der Waals surface area contributed by atoms with Gasteiger partial charge in [0, 0.05) is 5.41 Å². The molecule has 0 amide bonds. The summed E-state index contributed by atoms with van der Waals surface area (Å²) in [7, 11) is 0. The third-order valence-electron chi connectivity index (χ3n) is 4.85. The van der Waals surface area contributed by atoms with Crippen LogP contribution in [0.4, 0.5) is 0 Å². The fourth-order valence-corrected chi connectivity index (χ4v) is 3.77. The molecule has 2 aromatic rings. The van der Waals surface area contributed by atoms with Gasteiger partial charge in [0.25, 0.3) is 0 Å². The summed E-state index contributed by atoms with van der Waals surface area (Å²) in [5.41, 5.74) is 2.77. The highest BCUT2D eigenvalue weighted by atomic mass is 16.3. The summed E-state index contributed by atoms with van der Waals surface area (Å²) in [6, 6.07) is 15.2. The molecular weight excluding hydrogens is 260 g/mol. The molecule has 21 heavy (non-hydrogen) atoms. The SMILES string of the molecule is CC1(C)CCC(c2ccc(O)cc2)(c2ccc(O)cc2)C1. The van der Waals surface area contributed by atoms with Crippen LogP contribution in [0.25, 0.3) is 0 Å². The Kier molecular flexibility index (Phi) is 3.20. The van der Waals surface area contributed by atoms with Crippen LogP contribution in [0.5, 0.6) is 11.5 Å². The standard InChI is InChI=1S/C19H22O2/c1-18(2)11-12-19(13-18,14-3-7-16(20)8-4-14)15-5-9-17(21)10-6-15/h3-10,20-21H,11-13H2,1-2H3. The van der Waals surface area contributed by atoms with Crippen LogP contribution < -0.4 is 0 Å². The minimum absolute atomic E-state index is 0.0229. The summed E-state index contributed by atoms with van der Waals surface area (Å²) in [5.74, 6) is 0.605. The molecule has 3 rings (SSSR count). The van der Waals surface area contributed by atoms with Gasteiger partial charge < -0.3 is 10.2 Å². The second kappa shape index (κ2) is 4.80. The first kappa shape index (κ1) is 14.0. The van der Waals surface area contributed by atoms with Crippen LogP contribution in [0.1, 0.15) is 44.2 Å². The Morgan fingerprint density at radius 1 is 0.714 bits per heavy atom. The lowest BCUT2D eigenvalue weighted by atomic mass is 9.71. The van der Waals surface area contributed by atoms with Crippen molar-refractivity contribution in [2.45, 2.75) is 38.5 Å². The van der Waals surface area contributed by atoms with Gasteiger partial charge in [-0.25, -0.2) is 0 Å². The first-order chi connectivity index (χ1) is 9.91. The molecule has 1 saturated carbocycles. The van der Waals surface area contributed by atoms with Crippen molar-refractivity contribution in [2.24, 2.45) is 5.41 Å². The lowest BCUT2D eigenvalue weighted by Gasteiger charge is -2.32. The van der Waals surface area contributed by atoms with E-state index in [1.165, 1.54) is 17.5 Å². The van der Waals surface area contributed by atoms with Gasteiger partial charge in [0.1, 0.15) is 11.5 Å². The smallest absolute Gasteiger partial charge is 0.115 e. The van der Waals surface area contributed by atoms with E-state index in [4.69, 9.17) is 0 Å². The van der Waals surface area contributed by atoms with Crippen molar-refractivity contribution >= 4 is 0 Å². The Balaban J connectivity index is 2.12. The van der Waals surface area contributed by atoms with Gasteiger partial charge in [-0.15, -0.1) is 0 Å². The Bertz CT molecular complexity index is 578. The topological polar surface area (TPSA) is 40.5 Å². The molecule has 0 saturated heterocycles. The van der Waals surface area contributed by atoms with Crippen LogP contribution in [0.15, 0.2) is 48.5 Å². The normalized spacial score (nSPS) is 19.5. The quantitative estimate of drug-likeness (QED) is 0.845. The molecule has 1 aliphatic carbocycles. The Hall–Kier alpha value is -1.96. The van der Waals surface area contributed by atoms with Crippen molar-refractivity contribution in [1.82, 2.24) is 0 Å². The van der Waals surface area contributed by atoms with Crippen molar-refractivity contribution in [2.75, 3.05) is 0 Å². The molecular formula is C19H22O2. The van der Waals surface area contributed by atoms with E-state index in [9.17, 15) is 10.2 Å². The van der Waals surface area contributed by atoms with Gasteiger partial charge in [-0.2, -0.15) is 0 Å². The predicted molar refractivity (Wildman–Crippen MR) is 84.6 cm³/mol. The molecule has 1 aliphatic rings. The van der Waals surface area contributed by atoms with Gasteiger partial charge in [-0.3, -0.25) is 0 Å². The number of hydrogen-bond acceptors (Lipinski definition) is 2. The third kappa shape index (κ3) is 2.51. The fourth-order valence-electron chi connectivity index (χ4n) is 3.77. The molecule has 0 heterocycles. The van der Waals surface area contributed by atoms with E-state index in [1.807, 2.05) is 24.3 Å². The summed E-state index contributed by atoms with van der Waals surface area (Å²) < 4.78 is 0. The molecule has 110 valence electrons. The largest absolute Gasteiger partial charge is 0.508 e. The predicted octanol–water partition coefficient (Wildman–Crippen LogP) is 4.59. The number of rotatable bonds is 2. The van der Waals surface area contributed by atoms with E-state index in [2.05, 4.69) is 13.8 Å². The highest BCUT2D eigenvalue weighted by Gasteiger charge is 2.45. The molecule has 0 aromatic heterocycles. The van der Waals surface area contributed by atoms with Crippen molar-refractivity contribution in [3.05, 3.63) is 59.7 Å². The molecule has 2 N–H and O–H groups in total. The maximum atomic E-state index is 9.56. The molecule has 2 aromatic carbocycles. The van der Waals surface area contributed by atoms with Crippen molar-refractivity contribution in [3.63, 3.8) is 0 Å². The van der Waals surface area contributed by atoms with E-state index in [-0.39, 0.29) is 5.41 Å². The van der Waals surface area contributed by atoms with Crippen LogP contribution in [-0.2, 0) is 5.41 Å². The highest BCUT2D eigenvalue weighted by molar-refractivity contribution is 5.44. The molecule has 0 atom stereocenters. The van der Waals surface area contributed by atoms with E-state index >= 15 is 0 Å². The van der Waals surface area contributed by atoms with Crippen molar-refractivity contribution in [3.8, 4) is 11.5 Å². The van der Waals surface area contributed by atoms with Crippen molar-refractivity contribution < 1.29 is 10.2 Å². The van der Waals surface area contributed by atoms with E-state index < -0.39 is 0 Å². The average Bonchev–Trinajstić information content (AvgIpc) is 2.78. The van der Waals surface area contributed by atoms with E-state index in [0.29, 0.717) is 16.9 Å². The molecule has 0 unspecified atom stereocenters. The number of benzene rings is 2. The Morgan fingerprint density at radius 3 is 1.48 bits per heavy atom. The first-order valence-electron chi connectivity index (χ1n) is 7.50. The van der Waals surface area contributed by atoms with Gasteiger partial charge in [0.2, 0.25) is 0 Å². The lowest BCUT2D eigenvalue weighted by Crippen LogP contribution is -2.25. The van der Waals surface area contributed by atoms with Crippen LogP contribution in [0.3, 0.4) is 0 Å². The minimum Gasteiger partial charge on any atom is -0.508 e. The molecule has 0 spiro atoms. The third-order valence-corrected chi connectivity index (χ3v) is 4.85. The zero-order valence-corrected chi connectivity index (χ0v) is 12.6. The molecule has 2 heteroatoms. The minimum atomic E-state index is -0.0229. The molecule has 2 nitrogen and oxygen atoms in total. The number of phenolic OH excluding ortho intramolecular Hbond substituents is 2.